The van der Waals surface area contributed by atoms with E-state index in [1.807, 2.05) is 6.08 Å². The number of aliphatic hydroxyl groups excluding tert-OH is 11. The lowest BCUT2D eigenvalue weighted by Gasteiger charge is -2.48. The highest BCUT2D eigenvalue weighted by atomic mass is 16.8. The molecule has 3 aliphatic heterocycles. The molecule has 3 rings (SSSR count). The highest BCUT2D eigenvalue weighted by molar-refractivity contribution is 5.76. The molecule has 0 aliphatic carbocycles. The molecule has 3 heterocycles. The fraction of sp³-hybridized carbons (Fsp3) is 0.847. The Kier molecular flexibility index (Phi) is 38.2. The number of unbranched alkanes of at least 4 members (excludes halogenated alkanes) is 21. The van der Waals surface area contributed by atoms with Gasteiger partial charge in [0.2, 0.25) is 5.91 Å². The number of ether oxygens (including phenoxy) is 6. The molecule has 0 radical (unpaired) electrons. The third kappa shape index (κ3) is 26.3. The fourth-order valence-corrected chi connectivity index (χ4v) is 9.93. The second-order valence-corrected chi connectivity index (χ2v) is 21.4. The molecule has 1 amide bonds. The van der Waals surface area contributed by atoms with Crippen LogP contribution in [-0.2, 0) is 33.2 Å². The molecule has 17 unspecified atom stereocenters. The summed E-state index contributed by atoms with van der Waals surface area (Å²) in [5.41, 5.74) is 0. The molecule has 3 aliphatic rings. The van der Waals surface area contributed by atoms with Gasteiger partial charge in [-0.3, -0.25) is 4.79 Å². The number of carbonyl (C=O) groups is 1. The van der Waals surface area contributed by atoms with Crippen LogP contribution in [-0.4, -0.2) is 193 Å². The van der Waals surface area contributed by atoms with E-state index in [9.17, 15) is 61.0 Å². The van der Waals surface area contributed by atoms with Gasteiger partial charge in [0.25, 0.3) is 0 Å². The Labute approximate surface area is 465 Å². The standard InChI is InChI=1S/C59H105NO18/c1-3-5-7-9-11-13-15-16-17-18-19-20-21-22-23-24-25-26-27-29-31-33-35-37-47(65)60-42(43(64)36-34-32-30-28-14-12-10-8-6-4-2)41-73-57-53(71)50(68)55(45(39-62)75-57)78-59-54(72)51(69)56(46(40-63)76-59)77-58-52(70)49(67)48(66)44(38-61)74-58/h6,8,14,18-19,28,34,36,42-46,48-59,61-64,66-72H,3-5,7,9-13,15-17,20-27,29-33,35,37-41H2,1-2H3,(H,60,65)/b8-6+,19-18-,28-14+,36-34+. The molecule has 3 fully saturated rings. The second-order valence-electron chi connectivity index (χ2n) is 21.4. The zero-order chi connectivity index (χ0) is 56.9. The minimum absolute atomic E-state index is 0.230. The lowest BCUT2D eigenvalue weighted by molar-refractivity contribution is -0.379. The van der Waals surface area contributed by atoms with Crippen molar-refractivity contribution in [1.29, 1.82) is 0 Å². The van der Waals surface area contributed by atoms with Gasteiger partial charge in [-0.05, 0) is 64.2 Å². The first kappa shape index (κ1) is 70.0. The Morgan fingerprint density at radius 1 is 0.462 bits per heavy atom. The normalized spacial score (nSPS) is 30.8. The third-order valence-corrected chi connectivity index (χ3v) is 14.8. The summed E-state index contributed by atoms with van der Waals surface area (Å²) in [6.45, 7) is 1.55. The number of rotatable bonds is 43. The third-order valence-electron chi connectivity index (χ3n) is 14.8. The minimum Gasteiger partial charge on any atom is -0.394 e. The molecule has 0 aromatic heterocycles. The van der Waals surface area contributed by atoms with E-state index in [-0.39, 0.29) is 18.9 Å². The van der Waals surface area contributed by atoms with Gasteiger partial charge in [0.05, 0.1) is 38.6 Å². The van der Waals surface area contributed by atoms with E-state index < -0.39 is 124 Å². The van der Waals surface area contributed by atoms with Crippen molar-refractivity contribution in [1.82, 2.24) is 5.32 Å². The second kappa shape index (κ2) is 42.6. The van der Waals surface area contributed by atoms with Crippen molar-refractivity contribution in [2.24, 2.45) is 0 Å². The van der Waals surface area contributed by atoms with Gasteiger partial charge in [-0.25, -0.2) is 0 Å². The highest BCUT2D eigenvalue weighted by Crippen LogP contribution is 2.33. The lowest BCUT2D eigenvalue weighted by Crippen LogP contribution is -2.66. The maximum atomic E-state index is 13.3. The molecule has 19 heteroatoms. The number of allylic oxidation sites excluding steroid dienone is 7. The van der Waals surface area contributed by atoms with E-state index in [0.717, 1.165) is 44.9 Å². The molecule has 19 nitrogen and oxygen atoms in total. The van der Waals surface area contributed by atoms with E-state index >= 15 is 0 Å². The van der Waals surface area contributed by atoms with Gasteiger partial charge in [0.1, 0.15) is 73.2 Å². The Morgan fingerprint density at radius 3 is 1.35 bits per heavy atom. The molecule has 3 saturated heterocycles. The first-order chi connectivity index (χ1) is 37.8. The molecule has 0 bridgehead atoms. The SMILES string of the molecule is CC/C=C/CC/C=C/CC/C=C/C(O)C(COC1OC(CO)C(OC2OC(CO)C(OC3OC(CO)C(O)C(O)C3O)C(O)C2O)C(O)C1O)NC(=O)CCCCCCCCCCCCC/C=C\CCCCCCCCCC. The number of nitrogens with one attached hydrogen (secondary N) is 1. The summed E-state index contributed by atoms with van der Waals surface area (Å²) in [4.78, 5) is 13.3. The van der Waals surface area contributed by atoms with Gasteiger partial charge in [0, 0.05) is 6.42 Å². The van der Waals surface area contributed by atoms with E-state index in [1.54, 1.807) is 6.08 Å². The molecule has 12 N–H and O–H groups in total. The van der Waals surface area contributed by atoms with Crippen molar-refractivity contribution in [2.75, 3.05) is 26.4 Å². The van der Waals surface area contributed by atoms with Gasteiger partial charge in [-0.15, -0.1) is 0 Å². The molecule has 78 heavy (non-hydrogen) atoms. The van der Waals surface area contributed by atoms with Gasteiger partial charge in [0.15, 0.2) is 18.9 Å². The van der Waals surface area contributed by atoms with Gasteiger partial charge < -0.3 is 89.9 Å². The van der Waals surface area contributed by atoms with Crippen LogP contribution >= 0.6 is 0 Å². The Morgan fingerprint density at radius 2 is 0.859 bits per heavy atom. The number of hydrogen-bond donors (Lipinski definition) is 12. The zero-order valence-corrected chi connectivity index (χ0v) is 47.1. The predicted molar refractivity (Wildman–Crippen MR) is 295 cm³/mol. The summed E-state index contributed by atoms with van der Waals surface area (Å²) in [7, 11) is 0. The quantitative estimate of drug-likeness (QED) is 0.0279. The highest BCUT2D eigenvalue weighted by Gasteiger charge is 2.53. The summed E-state index contributed by atoms with van der Waals surface area (Å²) in [5.74, 6) is -0.294. The van der Waals surface area contributed by atoms with Crippen molar-refractivity contribution in [3.05, 3.63) is 48.6 Å². The van der Waals surface area contributed by atoms with E-state index in [0.29, 0.717) is 12.8 Å². The Hall–Kier alpha value is -2.25. The van der Waals surface area contributed by atoms with Crippen LogP contribution in [0.3, 0.4) is 0 Å². The molecule has 0 aromatic carbocycles. The van der Waals surface area contributed by atoms with Crippen LogP contribution in [0.2, 0.25) is 0 Å². The monoisotopic (exact) mass is 1120 g/mol. The Balaban J connectivity index is 1.45. The average Bonchev–Trinajstić information content (AvgIpc) is 3.47. The molecular weight excluding hydrogens is 1010 g/mol. The van der Waals surface area contributed by atoms with Crippen LogP contribution in [0.4, 0.5) is 0 Å². The van der Waals surface area contributed by atoms with Crippen molar-refractivity contribution < 1.29 is 89.4 Å². The molecule has 0 aromatic rings. The van der Waals surface area contributed by atoms with Gasteiger partial charge >= 0.3 is 0 Å². The molecule has 0 spiro atoms. The van der Waals surface area contributed by atoms with Crippen LogP contribution in [0.25, 0.3) is 0 Å². The summed E-state index contributed by atoms with van der Waals surface area (Å²) in [5, 5.41) is 120. The molecular formula is C59H105NO18. The smallest absolute Gasteiger partial charge is 0.220 e. The largest absolute Gasteiger partial charge is 0.394 e. The topological polar surface area (TPSA) is 307 Å². The number of amides is 1. The van der Waals surface area contributed by atoms with E-state index in [1.165, 1.54) is 109 Å². The number of carbonyl (C=O) groups excluding carboxylic acids is 1. The zero-order valence-electron chi connectivity index (χ0n) is 47.1. The molecule has 454 valence electrons. The van der Waals surface area contributed by atoms with Crippen LogP contribution < -0.4 is 5.32 Å². The maximum Gasteiger partial charge on any atom is 0.220 e. The molecule has 17 atom stereocenters. The minimum atomic E-state index is -1.98. The van der Waals surface area contributed by atoms with Crippen LogP contribution in [0.15, 0.2) is 48.6 Å². The van der Waals surface area contributed by atoms with Crippen LogP contribution in [0, 0.1) is 0 Å². The van der Waals surface area contributed by atoms with Gasteiger partial charge in [-0.1, -0.05) is 165 Å². The molecule has 0 saturated carbocycles. The van der Waals surface area contributed by atoms with Crippen molar-refractivity contribution in [3.8, 4) is 0 Å². The van der Waals surface area contributed by atoms with Crippen molar-refractivity contribution >= 4 is 5.91 Å². The van der Waals surface area contributed by atoms with Crippen LogP contribution in [0.1, 0.15) is 187 Å². The average molecular weight is 1120 g/mol. The van der Waals surface area contributed by atoms with Crippen molar-refractivity contribution in [3.63, 3.8) is 0 Å². The maximum absolute atomic E-state index is 13.3. The summed E-state index contributed by atoms with van der Waals surface area (Å²) in [6.07, 6.45) is 19.8. The Bertz CT molecular complexity index is 1620. The van der Waals surface area contributed by atoms with E-state index in [4.69, 9.17) is 28.4 Å². The van der Waals surface area contributed by atoms with Crippen molar-refractivity contribution in [2.45, 2.75) is 291 Å². The fourth-order valence-electron chi connectivity index (χ4n) is 9.93. The number of hydrogen-bond acceptors (Lipinski definition) is 18. The van der Waals surface area contributed by atoms with Crippen LogP contribution in [0.5, 0.6) is 0 Å². The first-order valence-electron chi connectivity index (χ1n) is 29.9. The van der Waals surface area contributed by atoms with E-state index in [2.05, 4.69) is 55.6 Å². The first-order valence-corrected chi connectivity index (χ1v) is 29.9. The summed E-state index contributed by atoms with van der Waals surface area (Å²) < 4.78 is 34.1. The number of aliphatic hydroxyl groups is 11. The summed E-state index contributed by atoms with van der Waals surface area (Å²) >= 11 is 0. The summed E-state index contributed by atoms with van der Waals surface area (Å²) in [6, 6.07) is -0.994. The van der Waals surface area contributed by atoms with Gasteiger partial charge in [-0.2, -0.15) is 0 Å². The lowest BCUT2D eigenvalue weighted by atomic mass is 9.96. The predicted octanol–water partition coefficient (Wildman–Crippen LogP) is 5.09.